The van der Waals surface area contributed by atoms with Crippen LogP contribution in [0.1, 0.15) is 12.0 Å². The Labute approximate surface area is 158 Å². The number of piperidine rings is 1. The highest BCUT2D eigenvalue weighted by Gasteiger charge is 2.63. The predicted molar refractivity (Wildman–Crippen MR) is 86.0 cm³/mol. The van der Waals surface area contributed by atoms with Gasteiger partial charge in [0.05, 0.1) is 17.3 Å². The summed E-state index contributed by atoms with van der Waals surface area (Å²) in [4.78, 5) is 28.5. The van der Waals surface area contributed by atoms with Crippen molar-refractivity contribution >= 4 is 23.3 Å². The summed E-state index contributed by atoms with van der Waals surface area (Å²) in [5.74, 6) is -3.55. The van der Waals surface area contributed by atoms with E-state index in [1.807, 2.05) is 5.32 Å². The van der Waals surface area contributed by atoms with Crippen LogP contribution in [0.4, 0.5) is 37.0 Å². The number of urea groups is 1. The zero-order valence-electron chi connectivity index (χ0n) is 14.4. The van der Waals surface area contributed by atoms with Crippen LogP contribution >= 0.6 is 0 Å². The second-order valence-corrected chi connectivity index (χ2v) is 6.96. The lowest BCUT2D eigenvalue weighted by atomic mass is 9.77. The van der Waals surface area contributed by atoms with E-state index in [1.165, 1.54) is 10.7 Å². The number of nitrogens with zero attached hydrogens (tertiary/aromatic N) is 3. The van der Waals surface area contributed by atoms with E-state index in [4.69, 9.17) is 0 Å². The number of halogens is 6. The topological polar surface area (TPSA) is 78.7 Å². The zero-order valence-corrected chi connectivity index (χ0v) is 14.4. The molecular weight excluding hydrogens is 408 g/mol. The third kappa shape index (κ3) is 3.04. The SMILES string of the molecule is O=C1NC(=O)C2(CCN(c3cc(C(F)(F)F)cc4cncn34)CC2C(F)(F)F)N1. The molecule has 0 saturated carbocycles. The number of hydrogen-bond donors (Lipinski definition) is 2. The van der Waals surface area contributed by atoms with Crippen LogP contribution in [-0.4, -0.2) is 46.1 Å². The molecule has 2 unspecified atom stereocenters. The largest absolute Gasteiger partial charge is 0.416 e. The van der Waals surface area contributed by atoms with Gasteiger partial charge < -0.3 is 10.2 Å². The number of imide groups is 1. The van der Waals surface area contributed by atoms with Crippen LogP contribution in [0.2, 0.25) is 0 Å². The van der Waals surface area contributed by atoms with Gasteiger partial charge in [0.2, 0.25) is 0 Å². The Bertz CT molecular complexity index is 1000. The Hall–Kier alpha value is -2.99. The Kier molecular flexibility index (Phi) is 4.00. The molecule has 2 aliphatic heterocycles. The van der Waals surface area contributed by atoms with Gasteiger partial charge in [0.1, 0.15) is 23.6 Å². The van der Waals surface area contributed by atoms with E-state index in [-0.39, 0.29) is 17.9 Å². The fourth-order valence-corrected chi connectivity index (χ4v) is 3.89. The number of imidazole rings is 1. The highest BCUT2D eigenvalue weighted by Crippen LogP contribution is 2.43. The van der Waals surface area contributed by atoms with Crippen LogP contribution in [0.15, 0.2) is 24.7 Å². The quantitative estimate of drug-likeness (QED) is 0.547. The van der Waals surface area contributed by atoms with Crippen LogP contribution in [0.5, 0.6) is 0 Å². The number of anilines is 1. The van der Waals surface area contributed by atoms with Crippen LogP contribution in [0.25, 0.3) is 5.52 Å². The minimum absolute atomic E-state index is 0.0607. The minimum atomic E-state index is -4.89. The van der Waals surface area contributed by atoms with E-state index >= 15 is 0 Å². The molecule has 2 saturated heterocycles. The fraction of sp³-hybridized carbons (Fsp3) is 0.438. The van der Waals surface area contributed by atoms with Crippen molar-refractivity contribution in [1.82, 2.24) is 20.0 Å². The summed E-state index contributed by atoms with van der Waals surface area (Å²) in [6, 6.07) is 0.551. The number of aromatic nitrogens is 2. The molecule has 0 aliphatic carbocycles. The van der Waals surface area contributed by atoms with Gasteiger partial charge in [-0.25, -0.2) is 9.78 Å². The molecule has 2 aromatic heterocycles. The average molecular weight is 421 g/mol. The molecule has 0 bridgehead atoms. The van der Waals surface area contributed by atoms with Gasteiger partial charge in [-0.05, 0) is 18.6 Å². The summed E-state index contributed by atoms with van der Waals surface area (Å²) in [6.07, 6.45) is -7.66. The van der Waals surface area contributed by atoms with Crippen LogP contribution in [0, 0.1) is 5.92 Å². The first-order chi connectivity index (χ1) is 13.4. The van der Waals surface area contributed by atoms with E-state index in [1.54, 1.807) is 0 Å². The normalized spacial score (nSPS) is 25.6. The van der Waals surface area contributed by atoms with E-state index in [2.05, 4.69) is 10.3 Å². The second kappa shape index (κ2) is 6.00. The third-order valence-corrected chi connectivity index (χ3v) is 5.29. The predicted octanol–water partition coefficient (Wildman–Crippen LogP) is 2.32. The number of carbonyl (C=O) groups excluding carboxylic acids is 2. The molecule has 0 aromatic carbocycles. The second-order valence-electron chi connectivity index (χ2n) is 6.96. The van der Waals surface area contributed by atoms with Gasteiger partial charge in [-0.15, -0.1) is 0 Å². The zero-order chi connectivity index (χ0) is 21.2. The molecule has 2 N–H and O–H groups in total. The lowest BCUT2D eigenvalue weighted by Gasteiger charge is -2.45. The van der Waals surface area contributed by atoms with Crippen LogP contribution < -0.4 is 15.5 Å². The van der Waals surface area contributed by atoms with Gasteiger partial charge in [-0.1, -0.05) is 0 Å². The Morgan fingerprint density at radius 1 is 1.14 bits per heavy atom. The molecule has 13 heteroatoms. The van der Waals surface area contributed by atoms with Crippen molar-refractivity contribution in [2.45, 2.75) is 24.3 Å². The number of fused-ring (bicyclic) bond motifs is 1. The summed E-state index contributed by atoms with van der Waals surface area (Å²) >= 11 is 0. The highest BCUT2D eigenvalue weighted by atomic mass is 19.4. The van der Waals surface area contributed by atoms with Gasteiger partial charge in [0.15, 0.2) is 0 Å². The van der Waals surface area contributed by atoms with Gasteiger partial charge in [0.25, 0.3) is 5.91 Å². The number of rotatable bonds is 1. The summed E-state index contributed by atoms with van der Waals surface area (Å²) in [7, 11) is 0. The highest BCUT2D eigenvalue weighted by molar-refractivity contribution is 6.07. The average Bonchev–Trinajstić information content (AvgIpc) is 3.17. The number of pyridine rings is 1. The molecule has 3 amide bonds. The maximum Gasteiger partial charge on any atom is 0.416 e. The van der Waals surface area contributed by atoms with Gasteiger partial charge in [-0.2, -0.15) is 26.3 Å². The molecule has 156 valence electrons. The Morgan fingerprint density at radius 3 is 2.45 bits per heavy atom. The first-order valence-electron chi connectivity index (χ1n) is 8.40. The summed E-state index contributed by atoms with van der Waals surface area (Å²) in [6.45, 7) is -0.999. The number of hydrogen-bond acceptors (Lipinski definition) is 4. The maximum atomic E-state index is 13.8. The third-order valence-electron chi connectivity index (χ3n) is 5.29. The number of amides is 3. The Morgan fingerprint density at radius 2 is 1.86 bits per heavy atom. The molecule has 4 heterocycles. The number of carbonyl (C=O) groups is 2. The van der Waals surface area contributed by atoms with Gasteiger partial charge >= 0.3 is 18.4 Å². The molecular formula is C16H13F6N5O2. The molecule has 29 heavy (non-hydrogen) atoms. The van der Waals surface area contributed by atoms with Gasteiger partial charge in [-0.3, -0.25) is 14.5 Å². The monoisotopic (exact) mass is 421 g/mol. The molecule has 4 rings (SSSR count). The van der Waals surface area contributed by atoms with E-state index in [0.717, 1.165) is 23.2 Å². The van der Waals surface area contributed by atoms with Gasteiger partial charge in [0, 0.05) is 13.1 Å². The first kappa shape index (κ1) is 19.3. The lowest BCUT2D eigenvalue weighted by Crippen LogP contribution is -2.65. The maximum absolute atomic E-state index is 13.8. The standard InChI is InChI=1S/C16H13F6N5O2/c17-15(18,19)8-3-9-5-23-7-27(9)11(4-8)26-2-1-14(10(6-26)16(20,21)22)12(28)24-13(29)25-14/h3-5,7,10H,1-2,6H2,(H2,24,25,28,29). The lowest BCUT2D eigenvalue weighted by molar-refractivity contribution is -0.196. The van der Waals surface area contributed by atoms with E-state index in [9.17, 15) is 35.9 Å². The van der Waals surface area contributed by atoms with E-state index < -0.39 is 54.3 Å². The van der Waals surface area contributed by atoms with Crippen molar-refractivity contribution in [2.24, 2.45) is 5.92 Å². The van der Waals surface area contributed by atoms with Crippen molar-refractivity contribution in [2.75, 3.05) is 18.0 Å². The Balaban J connectivity index is 1.78. The van der Waals surface area contributed by atoms with Crippen LogP contribution in [0.3, 0.4) is 0 Å². The van der Waals surface area contributed by atoms with Crippen molar-refractivity contribution in [3.05, 3.63) is 30.2 Å². The smallest absolute Gasteiger partial charge is 0.357 e. The minimum Gasteiger partial charge on any atom is -0.357 e. The van der Waals surface area contributed by atoms with Crippen molar-refractivity contribution in [3.63, 3.8) is 0 Å². The molecule has 2 aliphatic rings. The van der Waals surface area contributed by atoms with E-state index in [0.29, 0.717) is 0 Å². The van der Waals surface area contributed by atoms with Crippen molar-refractivity contribution in [3.8, 4) is 0 Å². The number of alkyl halides is 6. The molecule has 7 nitrogen and oxygen atoms in total. The summed E-state index contributed by atoms with van der Waals surface area (Å²) in [5, 5.41) is 3.89. The van der Waals surface area contributed by atoms with Crippen molar-refractivity contribution in [1.29, 1.82) is 0 Å². The number of nitrogens with one attached hydrogen (secondary N) is 2. The van der Waals surface area contributed by atoms with Crippen LogP contribution in [-0.2, 0) is 11.0 Å². The molecule has 2 atom stereocenters. The molecule has 0 radical (unpaired) electrons. The summed E-state index contributed by atoms with van der Waals surface area (Å²) < 4.78 is 82.3. The summed E-state index contributed by atoms with van der Waals surface area (Å²) in [5.41, 5.74) is -3.16. The fourth-order valence-electron chi connectivity index (χ4n) is 3.89. The first-order valence-corrected chi connectivity index (χ1v) is 8.40. The van der Waals surface area contributed by atoms with Crippen molar-refractivity contribution < 1.29 is 35.9 Å². The molecule has 2 aromatic rings. The molecule has 2 fully saturated rings. The molecule has 1 spiro atoms.